The van der Waals surface area contributed by atoms with Gasteiger partial charge < -0.3 is 9.47 Å². The largest absolute Gasteiger partial charge is 0.461 e. The summed E-state index contributed by atoms with van der Waals surface area (Å²) in [5.74, 6) is -1.79. The van der Waals surface area contributed by atoms with E-state index in [0.717, 1.165) is 11.1 Å². The lowest BCUT2D eigenvalue weighted by Gasteiger charge is -2.29. The number of allylic oxidation sites excluding steroid dienone is 1. The maximum absolute atomic E-state index is 12.4. The van der Waals surface area contributed by atoms with Crippen LogP contribution in [0.5, 0.6) is 0 Å². The van der Waals surface area contributed by atoms with Crippen LogP contribution < -0.4 is 0 Å². The zero-order valence-electron chi connectivity index (χ0n) is 14.2. The van der Waals surface area contributed by atoms with Gasteiger partial charge in [-0.1, -0.05) is 18.1 Å². The van der Waals surface area contributed by atoms with Gasteiger partial charge in [0.15, 0.2) is 5.78 Å². The number of carbonyl (C=O) groups excluding carboxylic acids is 3. The number of fused-ring (bicyclic) bond motifs is 3. The van der Waals surface area contributed by atoms with Crippen LogP contribution in [0.25, 0.3) is 0 Å². The van der Waals surface area contributed by atoms with Crippen LogP contribution in [0.2, 0.25) is 0 Å². The standard InChI is InChI=1S/C18H21ClO5/c1-7-5-11(20)13-8(2)6-12(23-18(22)10(4)19)15-9(3)17(21)24-16(15)14(7)13/h5,9-10,12,14-16H,6H2,1-4H3/t9-,10?,12-,14-,15+,16+/m0/s1. The van der Waals surface area contributed by atoms with Crippen molar-refractivity contribution in [2.45, 2.75) is 51.7 Å². The Labute approximate surface area is 146 Å². The summed E-state index contributed by atoms with van der Waals surface area (Å²) in [6.45, 7) is 7.09. The molecule has 0 bridgehead atoms. The minimum Gasteiger partial charge on any atom is -0.461 e. The van der Waals surface area contributed by atoms with E-state index >= 15 is 0 Å². The molecule has 1 unspecified atom stereocenters. The van der Waals surface area contributed by atoms with E-state index in [1.165, 1.54) is 0 Å². The summed E-state index contributed by atoms with van der Waals surface area (Å²) < 4.78 is 11.2. The fourth-order valence-corrected chi connectivity index (χ4v) is 4.20. The van der Waals surface area contributed by atoms with Crippen molar-refractivity contribution in [1.82, 2.24) is 0 Å². The first-order chi connectivity index (χ1) is 11.2. The Hall–Kier alpha value is -1.62. The van der Waals surface area contributed by atoms with Crippen molar-refractivity contribution >= 4 is 29.3 Å². The van der Waals surface area contributed by atoms with Crippen molar-refractivity contribution < 1.29 is 23.9 Å². The van der Waals surface area contributed by atoms with E-state index in [9.17, 15) is 14.4 Å². The molecule has 6 heteroatoms. The van der Waals surface area contributed by atoms with Crippen LogP contribution in [0.15, 0.2) is 22.8 Å². The highest BCUT2D eigenvalue weighted by atomic mass is 35.5. The lowest BCUT2D eigenvalue weighted by molar-refractivity contribution is -0.152. The molecule has 0 spiro atoms. The van der Waals surface area contributed by atoms with Crippen molar-refractivity contribution in [3.8, 4) is 0 Å². The van der Waals surface area contributed by atoms with Crippen LogP contribution in [-0.2, 0) is 23.9 Å². The maximum atomic E-state index is 12.4. The third-order valence-electron chi connectivity index (χ3n) is 5.32. The van der Waals surface area contributed by atoms with Gasteiger partial charge in [-0.25, -0.2) is 0 Å². The van der Waals surface area contributed by atoms with E-state index < -0.39 is 29.5 Å². The van der Waals surface area contributed by atoms with Gasteiger partial charge in [-0.05, 0) is 26.8 Å². The molecule has 3 aliphatic rings. The molecule has 0 saturated carbocycles. The molecule has 1 saturated heterocycles. The number of hydrogen-bond acceptors (Lipinski definition) is 5. The van der Waals surface area contributed by atoms with Crippen LogP contribution in [0, 0.1) is 17.8 Å². The topological polar surface area (TPSA) is 69.7 Å². The molecule has 0 amide bonds. The van der Waals surface area contributed by atoms with Crippen molar-refractivity contribution in [3.63, 3.8) is 0 Å². The fraction of sp³-hybridized carbons (Fsp3) is 0.611. The van der Waals surface area contributed by atoms with E-state index in [4.69, 9.17) is 21.1 Å². The van der Waals surface area contributed by atoms with Crippen LogP contribution in [-0.4, -0.2) is 35.3 Å². The minimum absolute atomic E-state index is 0.0398. The van der Waals surface area contributed by atoms with Gasteiger partial charge in [0.05, 0.1) is 5.92 Å². The van der Waals surface area contributed by atoms with Gasteiger partial charge in [0.1, 0.15) is 17.6 Å². The van der Waals surface area contributed by atoms with Gasteiger partial charge >= 0.3 is 11.9 Å². The van der Waals surface area contributed by atoms with Crippen molar-refractivity contribution in [1.29, 1.82) is 0 Å². The number of halogens is 1. The van der Waals surface area contributed by atoms with E-state index in [0.29, 0.717) is 12.0 Å². The Morgan fingerprint density at radius 1 is 1.38 bits per heavy atom. The highest BCUT2D eigenvalue weighted by molar-refractivity contribution is 6.29. The average Bonchev–Trinajstić information content (AvgIpc) is 2.89. The number of carbonyl (C=O) groups is 3. The van der Waals surface area contributed by atoms with Crippen LogP contribution in [0.4, 0.5) is 0 Å². The summed E-state index contributed by atoms with van der Waals surface area (Å²) in [7, 11) is 0. The minimum atomic E-state index is -0.768. The zero-order chi connectivity index (χ0) is 17.8. The Kier molecular flexibility index (Phi) is 4.32. The average molecular weight is 353 g/mol. The van der Waals surface area contributed by atoms with E-state index in [1.807, 2.05) is 13.8 Å². The number of esters is 2. The van der Waals surface area contributed by atoms with Crippen LogP contribution in [0.3, 0.4) is 0 Å². The molecule has 0 aromatic rings. The van der Waals surface area contributed by atoms with Gasteiger partial charge in [-0.2, -0.15) is 0 Å². The highest BCUT2D eigenvalue weighted by Gasteiger charge is 2.55. The van der Waals surface area contributed by atoms with Gasteiger partial charge in [0.25, 0.3) is 0 Å². The Morgan fingerprint density at radius 3 is 2.67 bits per heavy atom. The van der Waals surface area contributed by atoms with Crippen LogP contribution >= 0.6 is 11.6 Å². The second kappa shape index (κ2) is 6.03. The summed E-state index contributed by atoms with van der Waals surface area (Å²) in [5, 5.41) is -0.768. The van der Waals surface area contributed by atoms with Crippen molar-refractivity contribution in [2.75, 3.05) is 0 Å². The molecule has 0 aromatic heterocycles. The number of rotatable bonds is 2. The normalized spacial score (nSPS) is 36.5. The monoisotopic (exact) mass is 352 g/mol. The summed E-state index contributed by atoms with van der Waals surface area (Å²) in [6.07, 6.45) is 1.02. The summed E-state index contributed by atoms with van der Waals surface area (Å²) in [4.78, 5) is 36.5. The van der Waals surface area contributed by atoms with Gasteiger partial charge in [-0.15, -0.1) is 11.6 Å². The first-order valence-corrected chi connectivity index (χ1v) is 8.63. The molecule has 3 rings (SSSR count). The van der Waals surface area contributed by atoms with Gasteiger partial charge in [-0.3, -0.25) is 14.4 Å². The van der Waals surface area contributed by atoms with E-state index in [1.54, 1.807) is 19.9 Å². The second-order valence-electron chi connectivity index (χ2n) is 6.99. The molecule has 24 heavy (non-hydrogen) atoms. The number of hydrogen-bond donors (Lipinski definition) is 0. The van der Waals surface area contributed by atoms with E-state index in [-0.39, 0.29) is 23.6 Å². The van der Waals surface area contributed by atoms with Crippen LogP contribution in [0.1, 0.15) is 34.1 Å². The Bertz CT molecular complexity index is 675. The fourth-order valence-electron chi connectivity index (χ4n) is 4.15. The zero-order valence-corrected chi connectivity index (χ0v) is 14.9. The molecule has 130 valence electrons. The molecule has 0 aromatic carbocycles. The molecule has 5 nitrogen and oxygen atoms in total. The molecule has 1 heterocycles. The van der Waals surface area contributed by atoms with Gasteiger partial charge in [0, 0.05) is 23.8 Å². The lowest BCUT2D eigenvalue weighted by Crippen LogP contribution is -2.38. The van der Waals surface area contributed by atoms with Gasteiger partial charge in [0.2, 0.25) is 0 Å². The highest BCUT2D eigenvalue weighted by Crippen LogP contribution is 2.48. The third-order valence-corrected chi connectivity index (χ3v) is 5.50. The molecule has 1 fully saturated rings. The smallest absolute Gasteiger partial charge is 0.324 e. The molecule has 1 aliphatic heterocycles. The van der Waals surface area contributed by atoms with E-state index in [2.05, 4.69) is 0 Å². The molecule has 2 aliphatic carbocycles. The first kappa shape index (κ1) is 17.2. The second-order valence-corrected chi connectivity index (χ2v) is 7.64. The Balaban J connectivity index is 2.03. The molecule has 0 radical (unpaired) electrons. The lowest BCUT2D eigenvalue weighted by atomic mass is 9.79. The number of alkyl halides is 1. The van der Waals surface area contributed by atoms with Crippen molar-refractivity contribution in [3.05, 3.63) is 22.8 Å². The summed E-state index contributed by atoms with van der Waals surface area (Å²) in [5.41, 5.74) is 2.46. The SMILES string of the molecule is CC1=CC(=O)C2=C(C)C[C@H](OC(=O)C(C)Cl)[C@@H]3[C@H](OC(=O)[C@H]3C)[C@@H]12. The maximum Gasteiger partial charge on any atom is 0.324 e. The Morgan fingerprint density at radius 2 is 2.04 bits per heavy atom. The first-order valence-electron chi connectivity index (χ1n) is 8.19. The molecule has 0 N–H and O–H groups in total. The predicted molar refractivity (Wildman–Crippen MR) is 87.3 cm³/mol. The quantitative estimate of drug-likeness (QED) is 0.564. The number of ether oxygens (including phenoxy) is 2. The summed E-state index contributed by atoms with van der Waals surface area (Å²) >= 11 is 5.83. The molecule has 6 atom stereocenters. The molecular weight excluding hydrogens is 332 g/mol. The molecular formula is C18H21ClO5. The number of ketones is 1. The predicted octanol–water partition coefficient (Wildman–Crippen LogP) is 2.57. The van der Waals surface area contributed by atoms with Crippen molar-refractivity contribution in [2.24, 2.45) is 17.8 Å². The third kappa shape index (κ3) is 2.59. The summed E-state index contributed by atoms with van der Waals surface area (Å²) in [6, 6.07) is 0.